The molecule has 90 valence electrons. The summed E-state index contributed by atoms with van der Waals surface area (Å²) in [6, 6.07) is 0.216. The molecule has 0 amide bonds. The first kappa shape index (κ1) is 12.7. The number of nitrogens with zero attached hydrogens (tertiary/aromatic N) is 2. The molecule has 0 aliphatic rings. The molecule has 16 heavy (non-hydrogen) atoms. The summed E-state index contributed by atoms with van der Waals surface area (Å²) in [4.78, 5) is 8.28. The van der Waals surface area contributed by atoms with Crippen LogP contribution in [0.15, 0.2) is 12.4 Å². The van der Waals surface area contributed by atoms with E-state index in [4.69, 9.17) is 10.5 Å². The Hall–Kier alpha value is -1.36. The molecule has 0 spiro atoms. The third kappa shape index (κ3) is 4.02. The summed E-state index contributed by atoms with van der Waals surface area (Å²) in [6.45, 7) is 4.91. The van der Waals surface area contributed by atoms with Gasteiger partial charge in [0.05, 0.1) is 19.5 Å². The Kier molecular flexibility index (Phi) is 4.98. The SMILES string of the molecule is COc1cnc(NC(CN)CC(C)C)nc1. The maximum atomic E-state index is 5.68. The van der Waals surface area contributed by atoms with E-state index in [9.17, 15) is 0 Å². The van der Waals surface area contributed by atoms with E-state index in [2.05, 4.69) is 29.1 Å². The Bertz CT molecular complexity index is 299. The second-order valence-electron chi connectivity index (χ2n) is 4.15. The van der Waals surface area contributed by atoms with Crippen molar-refractivity contribution in [3.63, 3.8) is 0 Å². The van der Waals surface area contributed by atoms with Crippen LogP contribution in [-0.2, 0) is 0 Å². The zero-order valence-electron chi connectivity index (χ0n) is 10.1. The molecule has 0 bridgehead atoms. The predicted molar refractivity (Wildman–Crippen MR) is 64.5 cm³/mol. The van der Waals surface area contributed by atoms with Crippen molar-refractivity contribution in [3.8, 4) is 5.75 Å². The molecular weight excluding hydrogens is 204 g/mol. The number of aromatic nitrogens is 2. The first-order valence-corrected chi connectivity index (χ1v) is 5.48. The lowest BCUT2D eigenvalue weighted by Gasteiger charge is -2.18. The molecule has 0 aliphatic carbocycles. The number of ether oxygens (including phenoxy) is 1. The lowest BCUT2D eigenvalue weighted by atomic mass is 10.0. The van der Waals surface area contributed by atoms with Crippen LogP contribution in [0.25, 0.3) is 0 Å². The average Bonchev–Trinajstić information content (AvgIpc) is 2.28. The van der Waals surface area contributed by atoms with Gasteiger partial charge in [-0.25, -0.2) is 9.97 Å². The monoisotopic (exact) mass is 224 g/mol. The second kappa shape index (κ2) is 6.27. The summed E-state index contributed by atoms with van der Waals surface area (Å²) in [6.07, 6.45) is 4.28. The molecule has 0 saturated heterocycles. The number of nitrogens with two attached hydrogens (primary N) is 1. The fourth-order valence-electron chi connectivity index (χ4n) is 1.46. The number of anilines is 1. The maximum absolute atomic E-state index is 5.68. The zero-order chi connectivity index (χ0) is 12.0. The summed E-state index contributed by atoms with van der Waals surface area (Å²) in [7, 11) is 1.59. The van der Waals surface area contributed by atoms with Crippen LogP contribution in [0.1, 0.15) is 20.3 Å². The van der Waals surface area contributed by atoms with Gasteiger partial charge in [-0.2, -0.15) is 0 Å². The van der Waals surface area contributed by atoms with Crippen molar-refractivity contribution in [2.75, 3.05) is 19.0 Å². The predicted octanol–water partition coefficient (Wildman–Crippen LogP) is 1.27. The fraction of sp³-hybridized carbons (Fsp3) is 0.636. The van der Waals surface area contributed by atoms with Crippen LogP contribution in [0.5, 0.6) is 5.75 Å². The van der Waals surface area contributed by atoms with Gasteiger partial charge in [-0.3, -0.25) is 0 Å². The van der Waals surface area contributed by atoms with Gasteiger partial charge in [0.25, 0.3) is 0 Å². The normalized spacial score (nSPS) is 12.6. The van der Waals surface area contributed by atoms with Gasteiger partial charge in [0.15, 0.2) is 5.75 Å². The minimum Gasteiger partial charge on any atom is -0.494 e. The van der Waals surface area contributed by atoms with Crippen molar-refractivity contribution in [1.29, 1.82) is 0 Å². The lowest BCUT2D eigenvalue weighted by molar-refractivity contribution is 0.410. The molecule has 5 nitrogen and oxygen atoms in total. The van der Waals surface area contributed by atoms with Gasteiger partial charge in [0.1, 0.15) is 0 Å². The van der Waals surface area contributed by atoms with Crippen molar-refractivity contribution in [3.05, 3.63) is 12.4 Å². The first-order valence-electron chi connectivity index (χ1n) is 5.48. The van der Waals surface area contributed by atoms with Crippen LogP contribution in [0.2, 0.25) is 0 Å². The minimum absolute atomic E-state index is 0.216. The van der Waals surface area contributed by atoms with Crippen molar-refractivity contribution in [2.24, 2.45) is 11.7 Å². The van der Waals surface area contributed by atoms with Crippen LogP contribution in [-0.4, -0.2) is 29.7 Å². The lowest BCUT2D eigenvalue weighted by Crippen LogP contribution is -2.31. The van der Waals surface area contributed by atoms with E-state index in [0.717, 1.165) is 6.42 Å². The highest BCUT2D eigenvalue weighted by Gasteiger charge is 2.09. The van der Waals surface area contributed by atoms with Gasteiger partial charge in [0, 0.05) is 12.6 Å². The molecule has 1 aromatic heterocycles. The Morgan fingerprint density at radius 2 is 2.00 bits per heavy atom. The van der Waals surface area contributed by atoms with E-state index in [1.54, 1.807) is 19.5 Å². The van der Waals surface area contributed by atoms with E-state index >= 15 is 0 Å². The molecule has 0 aromatic carbocycles. The molecule has 0 aliphatic heterocycles. The molecular formula is C11H20N4O. The summed E-state index contributed by atoms with van der Waals surface area (Å²) >= 11 is 0. The minimum atomic E-state index is 0.216. The number of methoxy groups -OCH3 is 1. The molecule has 0 saturated carbocycles. The van der Waals surface area contributed by atoms with Crippen molar-refractivity contribution < 1.29 is 4.74 Å². The summed E-state index contributed by atoms with van der Waals surface area (Å²) < 4.78 is 4.99. The largest absolute Gasteiger partial charge is 0.494 e. The quantitative estimate of drug-likeness (QED) is 0.761. The highest BCUT2D eigenvalue weighted by atomic mass is 16.5. The average molecular weight is 224 g/mol. The topological polar surface area (TPSA) is 73.1 Å². The van der Waals surface area contributed by atoms with Gasteiger partial charge < -0.3 is 15.8 Å². The number of nitrogens with one attached hydrogen (secondary N) is 1. The van der Waals surface area contributed by atoms with E-state index < -0.39 is 0 Å². The third-order valence-electron chi connectivity index (χ3n) is 2.24. The first-order chi connectivity index (χ1) is 7.65. The number of hydrogen-bond donors (Lipinski definition) is 2. The van der Waals surface area contributed by atoms with Crippen LogP contribution in [0, 0.1) is 5.92 Å². The van der Waals surface area contributed by atoms with Crippen LogP contribution < -0.4 is 15.8 Å². The van der Waals surface area contributed by atoms with Crippen LogP contribution >= 0.6 is 0 Å². The number of rotatable bonds is 6. The molecule has 1 unspecified atom stereocenters. The van der Waals surface area contributed by atoms with Gasteiger partial charge >= 0.3 is 0 Å². The standard InChI is InChI=1S/C11H20N4O/c1-8(2)4-9(5-12)15-11-13-6-10(16-3)7-14-11/h6-9H,4-5,12H2,1-3H3,(H,13,14,15). The fourth-order valence-corrected chi connectivity index (χ4v) is 1.46. The van der Waals surface area contributed by atoms with Crippen molar-refractivity contribution >= 4 is 5.95 Å². The number of hydrogen-bond acceptors (Lipinski definition) is 5. The van der Waals surface area contributed by atoms with Crippen LogP contribution in [0.3, 0.4) is 0 Å². The molecule has 1 aromatic rings. The van der Waals surface area contributed by atoms with E-state index in [0.29, 0.717) is 24.2 Å². The van der Waals surface area contributed by atoms with E-state index in [1.807, 2.05) is 0 Å². The molecule has 1 heterocycles. The molecule has 1 atom stereocenters. The summed E-state index contributed by atoms with van der Waals surface area (Å²) in [5.41, 5.74) is 5.68. The molecule has 3 N–H and O–H groups in total. The highest BCUT2D eigenvalue weighted by Crippen LogP contribution is 2.11. The molecule has 1 rings (SSSR count). The Morgan fingerprint density at radius 1 is 1.38 bits per heavy atom. The molecule has 0 fully saturated rings. The summed E-state index contributed by atoms with van der Waals surface area (Å²) in [5, 5.41) is 3.21. The van der Waals surface area contributed by atoms with Gasteiger partial charge in [0.2, 0.25) is 5.95 Å². The van der Waals surface area contributed by atoms with Crippen LogP contribution in [0.4, 0.5) is 5.95 Å². The molecule has 5 heteroatoms. The molecule has 0 radical (unpaired) electrons. The van der Waals surface area contributed by atoms with E-state index in [-0.39, 0.29) is 6.04 Å². The summed E-state index contributed by atoms with van der Waals surface area (Å²) in [5.74, 6) is 1.84. The Labute approximate surface area is 96.4 Å². The Balaban J connectivity index is 2.56. The van der Waals surface area contributed by atoms with Gasteiger partial charge in [-0.15, -0.1) is 0 Å². The highest BCUT2D eigenvalue weighted by molar-refractivity contribution is 5.28. The van der Waals surface area contributed by atoms with E-state index in [1.165, 1.54) is 0 Å². The van der Waals surface area contributed by atoms with Crippen molar-refractivity contribution in [2.45, 2.75) is 26.3 Å². The van der Waals surface area contributed by atoms with Gasteiger partial charge in [-0.1, -0.05) is 13.8 Å². The van der Waals surface area contributed by atoms with Crippen molar-refractivity contribution in [1.82, 2.24) is 9.97 Å². The van der Waals surface area contributed by atoms with Gasteiger partial charge in [-0.05, 0) is 12.3 Å². The maximum Gasteiger partial charge on any atom is 0.223 e. The second-order valence-corrected chi connectivity index (χ2v) is 4.15. The third-order valence-corrected chi connectivity index (χ3v) is 2.24. The smallest absolute Gasteiger partial charge is 0.223 e. The Morgan fingerprint density at radius 3 is 2.44 bits per heavy atom. The zero-order valence-corrected chi connectivity index (χ0v) is 10.1.